The second-order valence-corrected chi connectivity index (χ2v) is 9.56. The van der Waals surface area contributed by atoms with Crippen molar-refractivity contribution in [2.75, 3.05) is 37.7 Å². The number of thioether (sulfide) groups is 1. The molecule has 1 aromatic heterocycles. The van der Waals surface area contributed by atoms with Gasteiger partial charge in [-0.3, -0.25) is 9.59 Å². The third-order valence-electron chi connectivity index (χ3n) is 5.26. The van der Waals surface area contributed by atoms with Crippen molar-refractivity contribution in [2.24, 2.45) is 0 Å². The molecule has 1 heterocycles. The Balaban J connectivity index is 1.27. The molecule has 4 rings (SSSR count). The monoisotopic (exact) mass is 535 g/mol. The van der Waals surface area contributed by atoms with Crippen molar-refractivity contribution in [1.82, 2.24) is 4.98 Å². The van der Waals surface area contributed by atoms with E-state index in [1.54, 1.807) is 44.6 Å². The molecule has 0 unspecified atom stereocenters. The zero-order valence-electron chi connectivity index (χ0n) is 20.4. The van der Waals surface area contributed by atoms with E-state index >= 15 is 0 Å². The first-order valence-corrected chi connectivity index (χ1v) is 13.0. The fourth-order valence-electron chi connectivity index (χ4n) is 3.34. The fourth-order valence-corrected chi connectivity index (χ4v) is 4.78. The molecule has 0 aliphatic rings. The van der Waals surface area contributed by atoms with Crippen molar-refractivity contribution in [3.8, 4) is 28.5 Å². The minimum atomic E-state index is -0.266. The summed E-state index contributed by atoms with van der Waals surface area (Å²) in [5.41, 5.74) is 2.83. The van der Waals surface area contributed by atoms with Crippen molar-refractivity contribution < 1.29 is 23.8 Å². The van der Waals surface area contributed by atoms with Crippen molar-refractivity contribution in [3.63, 3.8) is 0 Å². The van der Waals surface area contributed by atoms with Crippen LogP contribution in [0.1, 0.15) is 10.4 Å². The van der Waals surface area contributed by atoms with Crippen molar-refractivity contribution >= 4 is 45.7 Å². The Labute approximate surface area is 223 Å². The second kappa shape index (κ2) is 12.3. The van der Waals surface area contributed by atoms with Gasteiger partial charge < -0.3 is 24.8 Å². The van der Waals surface area contributed by atoms with Crippen LogP contribution in [0.3, 0.4) is 0 Å². The molecule has 0 atom stereocenters. The van der Waals surface area contributed by atoms with Crippen LogP contribution in [-0.2, 0) is 4.79 Å². The highest BCUT2D eigenvalue weighted by Crippen LogP contribution is 2.29. The molecule has 3 aromatic carbocycles. The first-order chi connectivity index (χ1) is 18.0. The lowest BCUT2D eigenvalue weighted by molar-refractivity contribution is -0.113. The van der Waals surface area contributed by atoms with E-state index in [4.69, 9.17) is 14.2 Å². The third-order valence-corrected chi connectivity index (χ3v) is 7.03. The summed E-state index contributed by atoms with van der Waals surface area (Å²) in [5, 5.41) is 8.15. The van der Waals surface area contributed by atoms with Gasteiger partial charge in [-0.1, -0.05) is 0 Å². The largest absolute Gasteiger partial charge is 0.497 e. The number of rotatable bonds is 10. The number of ether oxygens (including phenoxy) is 3. The van der Waals surface area contributed by atoms with Gasteiger partial charge in [-0.15, -0.1) is 23.1 Å². The van der Waals surface area contributed by atoms with E-state index in [1.807, 2.05) is 41.8 Å². The number of anilines is 2. The molecule has 2 N–H and O–H groups in total. The maximum absolute atomic E-state index is 12.6. The summed E-state index contributed by atoms with van der Waals surface area (Å²) in [7, 11) is 4.68. The van der Waals surface area contributed by atoms with Gasteiger partial charge in [0.1, 0.15) is 5.75 Å². The van der Waals surface area contributed by atoms with Gasteiger partial charge in [-0.25, -0.2) is 4.98 Å². The van der Waals surface area contributed by atoms with Gasteiger partial charge in [0.15, 0.2) is 16.6 Å². The molecule has 0 spiro atoms. The highest BCUT2D eigenvalue weighted by molar-refractivity contribution is 8.00. The Hall–Kier alpha value is -4.02. The average molecular weight is 536 g/mol. The lowest BCUT2D eigenvalue weighted by Gasteiger charge is -2.10. The molecule has 0 saturated carbocycles. The molecule has 10 heteroatoms. The van der Waals surface area contributed by atoms with Crippen LogP contribution in [0.4, 0.5) is 10.8 Å². The summed E-state index contributed by atoms with van der Waals surface area (Å²) in [4.78, 5) is 30.4. The molecule has 0 fully saturated rings. The Morgan fingerprint density at radius 3 is 2.27 bits per heavy atom. The predicted molar refractivity (Wildman–Crippen MR) is 147 cm³/mol. The number of nitrogens with zero attached hydrogens (tertiary/aromatic N) is 1. The number of hydrogen-bond donors (Lipinski definition) is 2. The summed E-state index contributed by atoms with van der Waals surface area (Å²) in [5.74, 6) is 1.63. The summed E-state index contributed by atoms with van der Waals surface area (Å²) < 4.78 is 15.6. The SMILES string of the molecule is COc1ccc(-c2csc(NC(=O)CSc3ccc(NC(=O)c4ccc(OC)c(OC)c4)cc3)n2)cc1. The van der Waals surface area contributed by atoms with E-state index < -0.39 is 0 Å². The van der Waals surface area contributed by atoms with E-state index in [1.165, 1.54) is 30.2 Å². The van der Waals surface area contributed by atoms with Gasteiger partial charge in [-0.05, 0) is 66.7 Å². The number of amides is 2. The average Bonchev–Trinajstić information content (AvgIpc) is 3.40. The molecule has 2 amide bonds. The van der Waals surface area contributed by atoms with Gasteiger partial charge in [0, 0.05) is 27.1 Å². The van der Waals surface area contributed by atoms with Crippen LogP contribution in [0, 0.1) is 0 Å². The Morgan fingerprint density at radius 1 is 0.865 bits per heavy atom. The van der Waals surface area contributed by atoms with E-state index in [-0.39, 0.29) is 17.6 Å². The molecule has 8 nitrogen and oxygen atoms in total. The van der Waals surface area contributed by atoms with Crippen LogP contribution in [0.2, 0.25) is 0 Å². The van der Waals surface area contributed by atoms with Crippen molar-refractivity contribution in [3.05, 3.63) is 77.7 Å². The number of nitrogens with one attached hydrogen (secondary N) is 2. The number of hydrogen-bond acceptors (Lipinski definition) is 8. The topological polar surface area (TPSA) is 98.8 Å². The van der Waals surface area contributed by atoms with Gasteiger partial charge in [-0.2, -0.15) is 0 Å². The molecular weight excluding hydrogens is 510 g/mol. The van der Waals surface area contributed by atoms with Gasteiger partial charge >= 0.3 is 0 Å². The summed E-state index contributed by atoms with van der Waals surface area (Å²) in [6.45, 7) is 0. The number of thiazole rings is 1. The number of benzene rings is 3. The number of carbonyl (C=O) groups is 2. The molecule has 0 aliphatic heterocycles. The Bertz CT molecular complexity index is 1370. The molecule has 4 aromatic rings. The third kappa shape index (κ3) is 6.81. The summed E-state index contributed by atoms with van der Waals surface area (Å²) >= 11 is 2.77. The molecule has 0 aliphatic carbocycles. The Morgan fingerprint density at radius 2 is 1.59 bits per heavy atom. The lowest BCUT2D eigenvalue weighted by atomic mass is 10.2. The van der Waals surface area contributed by atoms with Crippen molar-refractivity contribution in [2.45, 2.75) is 4.90 Å². The number of aromatic nitrogens is 1. The zero-order valence-corrected chi connectivity index (χ0v) is 22.1. The zero-order chi connectivity index (χ0) is 26.2. The molecular formula is C27H25N3O5S2. The van der Waals surface area contributed by atoms with Crippen LogP contribution in [0.5, 0.6) is 17.2 Å². The quantitative estimate of drug-likeness (QED) is 0.247. The molecule has 0 saturated heterocycles. The summed E-state index contributed by atoms with van der Waals surface area (Å²) in [6.07, 6.45) is 0. The van der Waals surface area contributed by atoms with Crippen LogP contribution >= 0.6 is 23.1 Å². The standard InChI is InChI=1S/C27H25N3O5S2/c1-33-20-9-4-17(5-10-20)22-15-37-27(29-22)30-25(31)16-36-21-11-7-19(8-12-21)28-26(32)18-6-13-23(34-2)24(14-18)35-3/h4-15H,16H2,1-3H3,(H,28,32)(H,29,30,31). The number of carbonyl (C=O) groups excluding carboxylic acids is 2. The van der Waals surface area contributed by atoms with Gasteiger partial charge in [0.25, 0.3) is 5.91 Å². The highest BCUT2D eigenvalue weighted by Gasteiger charge is 2.12. The van der Waals surface area contributed by atoms with Crippen molar-refractivity contribution in [1.29, 1.82) is 0 Å². The molecule has 0 radical (unpaired) electrons. The van der Waals surface area contributed by atoms with Crippen LogP contribution in [-0.4, -0.2) is 43.9 Å². The van der Waals surface area contributed by atoms with Crippen LogP contribution in [0.15, 0.2) is 77.0 Å². The van der Waals surface area contributed by atoms with Gasteiger partial charge in [0.2, 0.25) is 5.91 Å². The Kier molecular flexibility index (Phi) is 8.65. The van der Waals surface area contributed by atoms with Crippen LogP contribution < -0.4 is 24.8 Å². The van der Waals surface area contributed by atoms with E-state index in [0.29, 0.717) is 27.9 Å². The predicted octanol–water partition coefficient (Wildman–Crippen LogP) is 5.82. The summed E-state index contributed by atoms with van der Waals surface area (Å²) in [6, 6.07) is 19.9. The smallest absolute Gasteiger partial charge is 0.255 e. The lowest BCUT2D eigenvalue weighted by Crippen LogP contribution is -2.13. The molecule has 190 valence electrons. The maximum Gasteiger partial charge on any atom is 0.255 e. The van der Waals surface area contributed by atoms with E-state index in [0.717, 1.165) is 21.9 Å². The fraction of sp³-hybridized carbons (Fsp3) is 0.148. The molecule has 37 heavy (non-hydrogen) atoms. The van der Waals surface area contributed by atoms with Crippen LogP contribution in [0.25, 0.3) is 11.3 Å². The highest BCUT2D eigenvalue weighted by atomic mass is 32.2. The van der Waals surface area contributed by atoms with E-state index in [9.17, 15) is 9.59 Å². The maximum atomic E-state index is 12.6. The van der Waals surface area contributed by atoms with Gasteiger partial charge in [0.05, 0.1) is 32.8 Å². The first-order valence-electron chi connectivity index (χ1n) is 11.1. The second-order valence-electron chi connectivity index (χ2n) is 7.65. The minimum absolute atomic E-state index is 0.147. The normalized spacial score (nSPS) is 10.5. The molecule has 0 bridgehead atoms. The van der Waals surface area contributed by atoms with E-state index in [2.05, 4.69) is 15.6 Å². The minimum Gasteiger partial charge on any atom is -0.497 e. The number of methoxy groups -OCH3 is 3. The first kappa shape index (κ1) is 26.1.